The SMILES string of the molecule is COCCCNc1cc(N(Cc2ccccc2)C(C)C)nc(C)n1. The van der Waals surface area contributed by atoms with Crippen LogP contribution in [0.1, 0.15) is 31.7 Å². The lowest BCUT2D eigenvalue weighted by Crippen LogP contribution is -2.31. The van der Waals surface area contributed by atoms with Crippen molar-refractivity contribution in [2.75, 3.05) is 30.5 Å². The van der Waals surface area contributed by atoms with E-state index in [1.165, 1.54) is 5.56 Å². The Balaban J connectivity index is 2.15. The van der Waals surface area contributed by atoms with Crippen LogP contribution in [-0.2, 0) is 11.3 Å². The van der Waals surface area contributed by atoms with Gasteiger partial charge in [0.1, 0.15) is 17.5 Å². The lowest BCUT2D eigenvalue weighted by Gasteiger charge is -2.28. The third kappa shape index (κ3) is 5.49. The van der Waals surface area contributed by atoms with Gasteiger partial charge in [0.05, 0.1) is 0 Å². The lowest BCUT2D eigenvalue weighted by atomic mass is 10.2. The van der Waals surface area contributed by atoms with E-state index in [4.69, 9.17) is 4.74 Å². The molecule has 1 heterocycles. The molecule has 0 bridgehead atoms. The zero-order valence-corrected chi connectivity index (χ0v) is 15.1. The second kappa shape index (κ2) is 9.23. The van der Waals surface area contributed by atoms with E-state index in [1.54, 1.807) is 7.11 Å². The molecule has 1 aromatic heterocycles. The second-order valence-electron chi connectivity index (χ2n) is 6.14. The van der Waals surface area contributed by atoms with Crippen LogP contribution in [0, 0.1) is 6.92 Å². The number of nitrogens with one attached hydrogen (secondary N) is 1. The number of hydrogen-bond acceptors (Lipinski definition) is 5. The fourth-order valence-corrected chi connectivity index (χ4v) is 2.53. The number of aromatic nitrogens is 2. The normalized spacial score (nSPS) is 10.9. The van der Waals surface area contributed by atoms with Crippen molar-refractivity contribution in [3.63, 3.8) is 0 Å². The zero-order chi connectivity index (χ0) is 17.4. The number of anilines is 2. The van der Waals surface area contributed by atoms with Crippen molar-refractivity contribution in [1.29, 1.82) is 0 Å². The van der Waals surface area contributed by atoms with E-state index in [9.17, 15) is 0 Å². The summed E-state index contributed by atoms with van der Waals surface area (Å²) in [5.74, 6) is 2.60. The Kier molecular flexibility index (Phi) is 7.00. The van der Waals surface area contributed by atoms with Crippen LogP contribution < -0.4 is 10.2 Å². The van der Waals surface area contributed by atoms with Crippen LogP contribution in [0.5, 0.6) is 0 Å². The van der Waals surface area contributed by atoms with Crippen molar-refractivity contribution in [1.82, 2.24) is 9.97 Å². The van der Waals surface area contributed by atoms with E-state index in [0.717, 1.165) is 43.6 Å². The Morgan fingerprint density at radius 2 is 1.92 bits per heavy atom. The van der Waals surface area contributed by atoms with Crippen LogP contribution in [0.15, 0.2) is 36.4 Å². The van der Waals surface area contributed by atoms with Gasteiger partial charge in [-0.3, -0.25) is 0 Å². The third-order valence-corrected chi connectivity index (χ3v) is 3.77. The number of rotatable bonds is 9. The molecule has 2 aromatic rings. The zero-order valence-electron chi connectivity index (χ0n) is 15.1. The Morgan fingerprint density at radius 3 is 2.58 bits per heavy atom. The average Bonchev–Trinajstić information content (AvgIpc) is 2.57. The first-order chi connectivity index (χ1) is 11.6. The molecule has 0 saturated heterocycles. The van der Waals surface area contributed by atoms with E-state index in [1.807, 2.05) is 19.1 Å². The number of nitrogens with zero attached hydrogens (tertiary/aromatic N) is 3. The van der Waals surface area contributed by atoms with Gasteiger partial charge in [0, 0.05) is 38.9 Å². The van der Waals surface area contributed by atoms with E-state index >= 15 is 0 Å². The van der Waals surface area contributed by atoms with Crippen molar-refractivity contribution in [2.45, 2.75) is 39.8 Å². The summed E-state index contributed by atoms with van der Waals surface area (Å²) >= 11 is 0. The minimum atomic E-state index is 0.348. The molecule has 0 spiro atoms. The highest BCUT2D eigenvalue weighted by Gasteiger charge is 2.14. The summed E-state index contributed by atoms with van der Waals surface area (Å²) in [6.07, 6.45) is 0.951. The summed E-state index contributed by atoms with van der Waals surface area (Å²) < 4.78 is 5.08. The molecule has 0 unspecified atom stereocenters. The molecule has 0 amide bonds. The van der Waals surface area contributed by atoms with Gasteiger partial charge < -0.3 is 15.0 Å². The van der Waals surface area contributed by atoms with E-state index in [2.05, 4.69) is 58.3 Å². The molecule has 0 aliphatic rings. The molecule has 0 radical (unpaired) electrons. The molecule has 1 N–H and O–H groups in total. The minimum Gasteiger partial charge on any atom is -0.385 e. The maximum atomic E-state index is 5.08. The second-order valence-corrected chi connectivity index (χ2v) is 6.14. The van der Waals surface area contributed by atoms with Gasteiger partial charge in [-0.2, -0.15) is 0 Å². The van der Waals surface area contributed by atoms with Crippen molar-refractivity contribution in [3.8, 4) is 0 Å². The first kappa shape index (κ1) is 18.2. The van der Waals surface area contributed by atoms with Crippen LogP contribution in [0.4, 0.5) is 11.6 Å². The number of benzene rings is 1. The maximum Gasteiger partial charge on any atom is 0.134 e. The minimum absolute atomic E-state index is 0.348. The van der Waals surface area contributed by atoms with Gasteiger partial charge in [0.15, 0.2) is 0 Å². The van der Waals surface area contributed by atoms with Gasteiger partial charge in [-0.25, -0.2) is 9.97 Å². The monoisotopic (exact) mass is 328 g/mol. The van der Waals surface area contributed by atoms with Gasteiger partial charge in [-0.15, -0.1) is 0 Å². The summed E-state index contributed by atoms with van der Waals surface area (Å²) in [4.78, 5) is 11.4. The van der Waals surface area contributed by atoms with Crippen LogP contribution in [0.3, 0.4) is 0 Å². The van der Waals surface area contributed by atoms with Gasteiger partial charge in [0.2, 0.25) is 0 Å². The molecule has 5 nitrogen and oxygen atoms in total. The van der Waals surface area contributed by atoms with Gasteiger partial charge in [0.25, 0.3) is 0 Å². The van der Waals surface area contributed by atoms with Crippen LogP contribution >= 0.6 is 0 Å². The molecule has 2 rings (SSSR count). The van der Waals surface area contributed by atoms with Crippen LogP contribution in [-0.4, -0.2) is 36.3 Å². The Bertz CT molecular complexity index is 616. The van der Waals surface area contributed by atoms with E-state index in [-0.39, 0.29) is 0 Å². The highest BCUT2D eigenvalue weighted by atomic mass is 16.5. The van der Waals surface area contributed by atoms with Crippen molar-refractivity contribution >= 4 is 11.6 Å². The molecule has 1 aromatic carbocycles. The smallest absolute Gasteiger partial charge is 0.134 e. The van der Waals surface area contributed by atoms with Gasteiger partial charge >= 0.3 is 0 Å². The van der Waals surface area contributed by atoms with Crippen molar-refractivity contribution in [2.24, 2.45) is 0 Å². The number of ether oxygens (including phenoxy) is 1. The van der Waals surface area contributed by atoms with Gasteiger partial charge in [-0.1, -0.05) is 30.3 Å². The van der Waals surface area contributed by atoms with Crippen LogP contribution in [0.2, 0.25) is 0 Å². The quantitative estimate of drug-likeness (QED) is 0.712. The number of methoxy groups -OCH3 is 1. The predicted octanol–water partition coefficient (Wildman–Crippen LogP) is 3.65. The Morgan fingerprint density at radius 1 is 1.17 bits per heavy atom. The largest absolute Gasteiger partial charge is 0.385 e. The molecular formula is C19H28N4O. The van der Waals surface area contributed by atoms with Gasteiger partial charge in [-0.05, 0) is 32.8 Å². The predicted molar refractivity (Wildman–Crippen MR) is 99.5 cm³/mol. The molecule has 0 fully saturated rings. The summed E-state index contributed by atoms with van der Waals surface area (Å²) in [5, 5.41) is 3.36. The molecule has 130 valence electrons. The highest BCUT2D eigenvalue weighted by molar-refractivity contribution is 5.50. The Labute approximate surface area is 145 Å². The summed E-state index contributed by atoms with van der Waals surface area (Å²) in [6, 6.07) is 12.9. The Hall–Kier alpha value is -2.14. The molecule has 0 saturated carbocycles. The van der Waals surface area contributed by atoms with Crippen molar-refractivity contribution in [3.05, 3.63) is 47.8 Å². The fourth-order valence-electron chi connectivity index (χ4n) is 2.53. The van der Waals surface area contributed by atoms with E-state index in [0.29, 0.717) is 6.04 Å². The maximum absolute atomic E-state index is 5.08. The average molecular weight is 328 g/mol. The summed E-state index contributed by atoms with van der Waals surface area (Å²) in [7, 11) is 1.72. The third-order valence-electron chi connectivity index (χ3n) is 3.77. The summed E-state index contributed by atoms with van der Waals surface area (Å²) in [5.41, 5.74) is 1.28. The molecule has 0 atom stereocenters. The molecule has 5 heteroatoms. The topological polar surface area (TPSA) is 50.3 Å². The van der Waals surface area contributed by atoms with Crippen molar-refractivity contribution < 1.29 is 4.74 Å². The molecule has 0 aliphatic carbocycles. The summed E-state index contributed by atoms with van der Waals surface area (Å²) in [6.45, 7) is 8.72. The van der Waals surface area contributed by atoms with Crippen LogP contribution in [0.25, 0.3) is 0 Å². The lowest BCUT2D eigenvalue weighted by molar-refractivity contribution is 0.198. The molecule has 24 heavy (non-hydrogen) atoms. The standard InChI is InChI=1S/C19H28N4O/c1-15(2)23(14-17-9-6-5-7-10-17)19-13-18(21-16(3)22-19)20-11-8-12-24-4/h5-7,9-10,13,15H,8,11-12,14H2,1-4H3,(H,20,21,22). The first-order valence-electron chi connectivity index (χ1n) is 8.49. The first-order valence-corrected chi connectivity index (χ1v) is 8.49. The molecule has 0 aliphatic heterocycles. The highest BCUT2D eigenvalue weighted by Crippen LogP contribution is 2.21. The number of aryl methyl sites for hydroxylation is 1. The fraction of sp³-hybridized carbons (Fsp3) is 0.474. The number of hydrogen-bond donors (Lipinski definition) is 1. The van der Waals surface area contributed by atoms with E-state index < -0.39 is 0 Å². The molecular weight excluding hydrogens is 300 g/mol.